The predicted molar refractivity (Wildman–Crippen MR) is 89.5 cm³/mol. The van der Waals surface area contributed by atoms with E-state index in [4.69, 9.17) is 0 Å². The molecule has 120 valence electrons. The Balaban J connectivity index is 2.06. The van der Waals surface area contributed by atoms with Gasteiger partial charge in [0, 0.05) is 24.4 Å². The first-order chi connectivity index (χ1) is 10.2. The van der Waals surface area contributed by atoms with Crippen LogP contribution in [0.4, 0.5) is 0 Å². The van der Waals surface area contributed by atoms with Crippen molar-refractivity contribution in [3.63, 3.8) is 0 Å². The van der Waals surface area contributed by atoms with Crippen LogP contribution in [0.15, 0.2) is 12.3 Å². The maximum Gasteiger partial charge on any atom is 0.0492 e. The van der Waals surface area contributed by atoms with Gasteiger partial charge < -0.3 is 5.32 Å². The summed E-state index contributed by atoms with van der Waals surface area (Å²) in [6.07, 6.45) is 7.41. The zero-order chi connectivity index (χ0) is 15.2. The first kappa shape index (κ1) is 16.5. The number of rotatable bonds is 7. The fraction of sp³-hybridized carbons (Fsp3) is 0.833. The molecule has 1 heterocycles. The van der Waals surface area contributed by atoms with Crippen molar-refractivity contribution in [2.24, 2.45) is 17.8 Å². The zero-order valence-corrected chi connectivity index (χ0v) is 14.3. The molecule has 1 aliphatic carbocycles. The van der Waals surface area contributed by atoms with Gasteiger partial charge >= 0.3 is 0 Å². The molecule has 1 aliphatic rings. The van der Waals surface area contributed by atoms with Gasteiger partial charge in [0.1, 0.15) is 0 Å². The van der Waals surface area contributed by atoms with Crippen molar-refractivity contribution in [1.29, 1.82) is 0 Å². The van der Waals surface area contributed by atoms with Gasteiger partial charge in [0.05, 0.1) is 0 Å². The first-order valence-corrected chi connectivity index (χ1v) is 8.88. The van der Waals surface area contributed by atoms with Crippen LogP contribution in [0.1, 0.15) is 65.0 Å². The summed E-state index contributed by atoms with van der Waals surface area (Å²) in [6, 6.07) is 2.25. The minimum atomic E-state index is 0.686. The van der Waals surface area contributed by atoms with Gasteiger partial charge in [0.15, 0.2) is 0 Å². The third kappa shape index (κ3) is 4.32. The van der Waals surface area contributed by atoms with Gasteiger partial charge in [-0.1, -0.05) is 33.6 Å². The maximum absolute atomic E-state index is 4.50. The van der Waals surface area contributed by atoms with Crippen molar-refractivity contribution >= 4 is 0 Å². The van der Waals surface area contributed by atoms with E-state index in [1.54, 1.807) is 0 Å². The molecule has 0 bridgehead atoms. The van der Waals surface area contributed by atoms with Gasteiger partial charge in [-0.05, 0) is 56.7 Å². The Bertz CT molecular complexity index is 410. The van der Waals surface area contributed by atoms with Gasteiger partial charge in [-0.25, -0.2) is 0 Å². The van der Waals surface area contributed by atoms with Crippen LogP contribution in [-0.2, 0) is 6.54 Å². The lowest BCUT2D eigenvalue weighted by Crippen LogP contribution is -2.34. The van der Waals surface area contributed by atoms with Crippen molar-refractivity contribution in [2.45, 2.75) is 65.8 Å². The Morgan fingerprint density at radius 3 is 2.81 bits per heavy atom. The molecule has 1 fully saturated rings. The molecular formula is C18H33N3. The van der Waals surface area contributed by atoms with Crippen LogP contribution in [-0.4, -0.2) is 22.9 Å². The average Bonchev–Trinajstić information content (AvgIpc) is 2.95. The van der Waals surface area contributed by atoms with Crippen molar-refractivity contribution in [1.82, 2.24) is 15.1 Å². The molecule has 21 heavy (non-hydrogen) atoms. The number of aromatic nitrogens is 2. The predicted octanol–water partition coefficient (Wildman–Crippen LogP) is 4.06. The van der Waals surface area contributed by atoms with Crippen LogP contribution in [0.3, 0.4) is 0 Å². The Labute approximate surface area is 130 Å². The van der Waals surface area contributed by atoms with Crippen molar-refractivity contribution in [3.8, 4) is 0 Å². The van der Waals surface area contributed by atoms with E-state index in [1.807, 2.05) is 6.20 Å². The highest BCUT2D eigenvalue weighted by Crippen LogP contribution is 2.41. The molecule has 0 radical (unpaired) electrons. The second-order valence-electron chi connectivity index (χ2n) is 7.08. The molecule has 3 nitrogen and oxygen atoms in total. The smallest absolute Gasteiger partial charge is 0.0492 e. The van der Waals surface area contributed by atoms with Gasteiger partial charge in [0.25, 0.3) is 0 Å². The standard InChI is InChI=1S/C18H33N3/c1-5-15-7-8-16(13-19-12-14(3)4)17(11-15)18-9-10-20-21(18)6-2/h9-10,14-17,19H,5-8,11-13H2,1-4H3. The van der Waals surface area contributed by atoms with Crippen LogP contribution in [0.25, 0.3) is 0 Å². The molecule has 1 N–H and O–H groups in total. The average molecular weight is 291 g/mol. The van der Waals surface area contributed by atoms with E-state index < -0.39 is 0 Å². The number of hydrogen-bond donors (Lipinski definition) is 1. The minimum absolute atomic E-state index is 0.686. The molecule has 1 saturated carbocycles. The lowest BCUT2D eigenvalue weighted by molar-refractivity contribution is 0.216. The topological polar surface area (TPSA) is 29.9 Å². The molecular weight excluding hydrogens is 258 g/mol. The number of aryl methyl sites for hydroxylation is 1. The molecule has 2 rings (SSSR count). The van der Waals surface area contributed by atoms with Gasteiger partial charge in [0.2, 0.25) is 0 Å². The van der Waals surface area contributed by atoms with E-state index in [9.17, 15) is 0 Å². The van der Waals surface area contributed by atoms with E-state index in [1.165, 1.54) is 31.4 Å². The highest BCUT2D eigenvalue weighted by molar-refractivity contribution is 5.11. The Kier molecular flexibility index (Phi) is 6.28. The highest BCUT2D eigenvalue weighted by atomic mass is 15.3. The fourth-order valence-electron chi connectivity index (χ4n) is 3.78. The second-order valence-corrected chi connectivity index (χ2v) is 7.08. The van der Waals surface area contributed by atoms with Crippen molar-refractivity contribution in [3.05, 3.63) is 18.0 Å². The van der Waals surface area contributed by atoms with Crippen LogP contribution in [0.5, 0.6) is 0 Å². The van der Waals surface area contributed by atoms with Gasteiger partial charge in [-0.2, -0.15) is 5.10 Å². The lowest BCUT2D eigenvalue weighted by Gasteiger charge is -2.36. The molecule has 0 aliphatic heterocycles. The van der Waals surface area contributed by atoms with E-state index in [-0.39, 0.29) is 0 Å². The van der Waals surface area contributed by atoms with Crippen molar-refractivity contribution in [2.75, 3.05) is 13.1 Å². The van der Waals surface area contributed by atoms with Crippen molar-refractivity contribution < 1.29 is 0 Å². The van der Waals surface area contributed by atoms with E-state index >= 15 is 0 Å². The summed E-state index contributed by atoms with van der Waals surface area (Å²) in [7, 11) is 0. The summed E-state index contributed by atoms with van der Waals surface area (Å²) in [5.74, 6) is 3.09. The van der Waals surface area contributed by atoms with Gasteiger partial charge in [-0.3, -0.25) is 4.68 Å². The molecule has 3 atom stereocenters. The Morgan fingerprint density at radius 1 is 1.33 bits per heavy atom. The molecule has 3 unspecified atom stereocenters. The number of nitrogens with one attached hydrogen (secondary N) is 1. The van der Waals surface area contributed by atoms with Crippen LogP contribution < -0.4 is 5.32 Å². The van der Waals surface area contributed by atoms with Crippen LogP contribution in [0.2, 0.25) is 0 Å². The quantitative estimate of drug-likeness (QED) is 0.821. The summed E-state index contributed by atoms with van der Waals surface area (Å²) in [4.78, 5) is 0. The molecule has 3 heteroatoms. The molecule has 0 amide bonds. The zero-order valence-electron chi connectivity index (χ0n) is 14.3. The third-order valence-corrected chi connectivity index (χ3v) is 5.07. The van der Waals surface area contributed by atoms with E-state index in [2.05, 4.69) is 48.9 Å². The number of nitrogens with zero attached hydrogens (tertiary/aromatic N) is 2. The van der Waals surface area contributed by atoms with Crippen LogP contribution in [0, 0.1) is 17.8 Å². The molecule has 0 aromatic carbocycles. The fourth-order valence-corrected chi connectivity index (χ4v) is 3.78. The summed E-state index contributed by atoms with van der Waals surface area (Å²) in [6.45, 7) is 12.4. The molecule has 1 aromatic rings. The molecule has 0 saturated heterocycles. The second kappa shape index (κ2) is 7.98. The molecule has 0 spiro atoms. The highest BCUT2D eigenvalue weighted by Gasteiger charge is 2.32. The number of hydrogen-bond acceptors (Lipinski definition) is 2. The summed E-state index contributed by atoms with van der Waals surface area (Å²) in [5.41, 5.74) is 1.46. The summed E-state index contributed by atoms with van der Waals surface area (Å²) < 4.78 is 2.21. The SMILES string of the molecule is CCC1CCC(CNCC(C)C)C(c2ccnn2CC)C1. The first-order valence-electron chi connectivity index (χ1n) is 8.88. The minimum Gasteiger partial charge on any atom is -0.316 e. The third-order valence-electron chi connectivity index (χ3n) is 5.07. The largest absolute Gasteiger partial charge is 0.316 e. The monoisotopic (exact) mass is 291 g/mol. The Morgan fingerprint density at radius 2 is 2.14 bits per heavy atom. The summed E-state index contributed by atoms with van der Waals surface area (Å²) in [5, 5.41) is 8.19. The van der Waals surface area contributed by atoms with Gasteiger partial charge in [-0.15, -0.1) is 0 Å². The van der Waals surface area contributed by atoms with E-state index in [0.29, 0.717) is 5.92 Å². The lowest BCUT2D eigenvalue weighted by atomic mass is 9.71. The van der Waals surface area contributed by atoms with Crippen LogP contribution >= 0.6 is 0 Å². The maximum atomic E-state index is 4.50. The van der Waals surface area contributed by atoms with E-state index in [0.717, 1.165) is 37.4 Å². The Hall–Kier alpha value is -0.830. The summed E-state index contributed by atoms with van der Waals surface area (Å²) >= 11 is 0. The molecule has 1 aromatic heterocycles. The normalized spacial score (nSPS) is 26.4.